The van der Waals surface area contributed by atoms with Gasteiger partial charge in [-0.15, -0.1) is 0 Å². The number of carbonyl (C=O) groups excluding carboxylic acids is 2. The van der Waals surface area contributed by atoms with Crippen molar-refractivity contribution in [3.05, 3.63) is 58.0 Å². The van der Waals surface area contributed by atoms with Gasteiger partial charge in [0, 0.05) is 29.9 Å². The Bertz CT molecular complexity index is 899. The molecule has 6 nitrogen and oxygen atoms in total. The Hall–Kier alpha value is -2.16. The molecule has 1 aliphatic rings. The van der Waals surface area contributed by atoms with E-state index >= 15 is 0 Å². The quantitative estimate of drug-likeness (QED) is 0.554. The first-order chi connectivity index (χ1) is 13.0. The molecule has 2 aromatic rings. The first-order valence-corrected chi connectivity index (χ1v) is 9.83. The lowest BCUT2D eigenvalue weighted by atomic mass is 10.2. The van der Waals surface area contributed by atoms with Crippen LogP contribution in [-0.2, 0) is 16.0 Å². The molecule has 9 heteroatoms. The largest absolute Gasteiger partial charge is 0.354 e. The highest BCUT2D eigenvalue weighted by Gasteiger charge is 2.38. The van der Waals surface area contributed by atoms with Crippen LogP contribution >= 0.6 is 35.6 Å². The van der Waals surface area contributed by atoms with Gasteiger partial charge in [0.05, 0.1) is 11.2 Å². The molecule has 27 heavy (non-hydrogen) atoms. The number of hydrogen-bond donors (Lipinski definition) is 2. The molecule has 1 atom stereocenters. The lowest BCUT2D eigenvalue weighted by Crippen LogP contribution is -2.47. The minimum Gasteiger partial charge on any atom is -0.354 e. The highest BCUT2D eigenvalue weighted by atomic mass is 35.5. The van der Waals surface area contributed by atoms with Crippen LogP contribution in [0.25, 0.3) is 6.08 Å². The number of rotatable bonds is 6. The average molecular weight is 421 g/mol. The Labute approximate surface area is 171 Å². The van der Waals surface area contributed by atoms with Gasteiger partial charge >= 0.3 is 0 Å². The molecular formula is C18H17ClN4O2S2. The third-order valence-corrected chi connectivity index (χ3v) is 5.55. The van der Waals surface area contributed by atoms with Crippen LogP contribution in [0.2, 0.25) is 5.02 Å². The van der Waals surface area contributed by atoms with Crippen LogP contribution in [0.15, 0.2) is 41.7 Å². The number of nitrogens with zero attached hydrogens (tertiary/aromatic N) is 2. The zero-order valence-corrected chi connectivity index (χ0v) is 16.8. The summed E-state index contributed by atoms with van der Waals surface area (Å²) in [5.74, 6) is -0.531. The van der Waals surface area contributed by atoms with E-state index in [-0.39, 0.29) is 11.8 Å². The van der Waals surface area contributed by atoms with Crippen molar-refractivity contribution in [3.63, 3.8) is 0 Å². The van der Waals surface area contributed by atoms with Gasteiger partial charge in [0.25, 0.3) is 5.91 Å². The fraction of sp³-hybridized carbons (Fsp3) is 0.222. The minimum atomic E-state index is -0.690. The van der Waals surface area contributed by atoms with E-state index in [0.29, 0.717) is 27.2 Å². The second-order valence-corrected chi connectivity index (χ2v) is 8.01. The lowest BCUT2D eigenvalue weighted by Gasteiger charge is -2.22. The summed E-state index contributed by atoms with van der Waals surface area (Å²) < 4.78 is 0.365. The van der Waals surface area contributed by atoms with Crippen molar-refractivity contribution in [2.45, 2.75) is 19.4 Å². The molecule has 1 fully saturated rings. The lowest BCUT2D eigenvalue weighted by molar-refractivity contribution is -0.132. The van der Waals surface area contributed by atoms with Gasteiger partial charge in [0.1, 0.15) is 10.4 Å². The summed E-state index contributed by atoms with van der Waals surface area (Å²) in [4.78, 5) is 33.9. The Balaban J connectivity index is 1.64. The summed E-state index contributed by atoms with van der Waals surface area (Å²) in [5.41, 5.74) is 1.73. The molecular weight excluding hydrogens is 404 g/mol. The van der Waals surface area contributed by atoms with Gasteiger partial charge in [-0.25, -0.2) is 4.98 Å². The molecule has 0 radical (unpaired) electrons. The zero-order chi connectivity index (χ0) is 19.4. The van der Waals surface area contributed by atoms with Crippen LogP contribution in [0.4, 0.5) is 0 Å². The summed E-state index contributed by atoms with van der Waals surface area (Å²) in [5, 5.41) is 3.41. The molecule has 1 aliphatic heterocycles. The van der Waals surface area contributed by atoms with Gasteiger partial charge in [0.15, 0.2) is 0 Å². The van der Waals surface area contributed by atoms with Gasteiger partial charge in [-0.05, 0) is 30.7 Å². The molecule has 1 aromatic carbocycles. The molecule has 0 saturated carbocycles. The maximum Gasteiger partial charge on any atom is 0.266 e. The van der Waals surface area contributed by atoms with E-state index in [1.54, 1.807) is 37.7 Å². The topological polar surface area (TPSA) is 78.1 Å². The number of thioether (sulfide) groups is 1. The predicted molar refractivity (Wildman–Crippen MR) is 111 cm³/mol. The van der Waals surface area contributed by atoms with E-state index in [4.69, 9.17) is 23.8 Å². The number of aromatic amines is 1. The number of imidazole rings is 1. The van der Waals surface area contributed by atoms with Crippen molar-refractivity contribution < 1.29 is 9.59 Å². The third-order valence-electron chi connectivity index (χ3n) is 3.99. The van der Waals surface area contributed by atoms with E-state index in [2.05, 4.69) is 15.3 Å². The van der Waals surface area contributed by atoms with Crippen molar-refractivity contribution in [2.75, 3.05) is 6.54 Å². The minimum absolute atomic E-state index is 0.255. The zero-order valence-electron chi connectivity index (χ0n) is 14.4. The number of amides is 2. The van der Waals surface area contributed by atoms with Gasteiger partial charge in [-0.3, -0.25) is 14.5 Å². The van der Waals surface area contributed by atoms with Crippen LogP contribution in [0, 0.1) is 0 Å². The summed E-state index contributed by atoms with van der Waals surface area (Å²) in [6.07, 6.45) is 5.66. The maximum atomic E-state index is 12.7. The SMILES string of the molecule is CC(C(=O)NCCc1cnc[nH]1)N1C(=O)C(=Cc2cccc(Cl)c2)SC1=S. The van der Waals surface area contributed by atoms with E-state index in [1.807, 2.05) is 12.1 Å². The normalized spacial score (nSPS) is 16.8. The Kier molecular flexibility index (Phi) is 6.30. The van der Waals surface area contributed by atoms with Gasteiger partial charge < -0.3 is 10.3 Å². The second kappa shape index (κ2) is 8.69. The fourth-order valence-electron chi connectivity index (χ4n) is 2.57. The van der Waals surface area contributed by atoms with Crippen molar-refractivity contribution >= 4 is 57.8 Å². The number of nitrogens with one attached hydrogen (secondary N) is 2. The molecule has 2 heterocycles. The Morgan fingerprint density at radius 2 is 2.33 bits per heavy atom. The molecule has 2 amide bonds. The van der Waals surface area contributed by atoms with Gasteiger partial charge in [-0.2, -0.15) is 0 Å². The van der Waals surface area contributed by atoms with E-state index < -0.39 is 6.04 Å². The first-order valence-electron chi connectivity index (χ1n) is 8.23. The van der Waals surface area contributed by atoms with Crippen molar-refractivity contribution in [2.24, 2.45) is 0 Å². The molecule has 140 valence electrons. The van der Waals surface area contributed by atoms with Gasteiger partial charge in [0.2, 0.25) is 5.91 Å². The summed E-state index contributed by atoms with van der Waals surface area (Å²) >= 11 is 12.5. The van der Waals surface area contributed by atoms with Crippen molar-refractivity contribution in [1.82, 2.24) is 20.2 Å². The third kappa shape index (κ3) is 4.77. The summed E-state index contributed by atoms with van der Waals surface area (Å²) in [6, 6.07) is 6.50. The molecule has 0 bridgehead atoms. The summed E-state index contributed by atoms with van der Waals surface area (Å²) in [7, 11) is 0. The molecule has 2 N–H and O–H groups in total. The molecule has 1 unspecified atom stereocenters. The number of benzene rings is 1. The maximum absolute atomic E-state index is 12.7. The van der Waals surface area contributed by atoms with Crippen LogP contribution in [0.1, 0.15) is 18.2 Å². The fourth-order valence-corrected chi connectivity index (χ4v) is 4.19. The van der Waals surface area contributed by atoms with Crippen LogP contribution < -0.4 is 5.32 Å². The molecule has 0 aliphatic carbocycles. The number of H-pyrrole nitrogens is 1. The number of hydrogen-bond acceptors (Lipinski definition) is 5. The smallest absolute Gasteiger partial charge is 0.266 e. The van der Waals surface area contributed by atoms with Crippen molar-refractivity contribution in [3.8, 4) is 0 Å². The average Bonchev–Trinajstić information content (AvgIpc) is 3.23. The monoisotopic (exact) mass is 420 g/mol. The van der Waals surface area contributed by atoms with Crippen LogP contribution in [-0.4, -0.2) is 43.6 Å². The first kappa shape index (κ1) is 19.6. The molecule has 3 rings (SSSR count). The van der Waals surface area contributed by atoms with E-state index in [9.17, 15) is 9.59 Å². The molecule has 1 saturated heterocycles. The van der Waals surface area contributed by atoms with E-state index in [1.165, 1.54) is 16.7 Å². The number of aromatic nitrogens is 2. The van der Waals surface area contributed by atoms with Crippen LogP contribution in [0.3, 0.4) is 0 Å². The number of thiocarbonyl (C=S) groups is 1. The Morgan fingerprint density at radius 1 is 1.52 bits per heavy atom. The predicted octanol–water partition coefficient (Wildman–Crippen LogP) is 3.01. The summed E-state index contributed by atoms with van der Waals surface area (Å²) in [6.45, 7) is 2.11. The highest BCUT2D eigenvalue weighted by Crippen LogP contribution is 2.34. The molecule has 1 aromatic heterocycles. The van der Waals surface area contributed by atoms with Gasteiger partial charge in [-0.1, -0.05) is 47.7 Å². The second-order valence-electron chi connectivity index (χ2n) is 5.90. The standard InChI is InChI=1S/C18H17ClN4O2S2/c1-11(16(24)21-6-5-14-9-20-10-22-14)23-17(25)15(27-18(23)26)8-12-3-2-4-13(19)7-12/h2-4,7-11H,5-6H2,1H3,(H,20,22)(H,21,24). The van der Waals surface area contributed by atoms with E-state index in [0.717, 1.165) is 11.3 Å². The van der Waals surface area contributed by atoms with Crippen LogP contribution in [0.5, 0.6) is 0 Å². The highest BCUT2D eigenvalue weighted by molar-refractivity contribution is 8.26. The Morgan fingerprint density at radius 3 is 3.04 bits per heavy atom. The number of carbonyl (C=O) groups is 2. The van der Waals surface area contributed by atoms with Crippen molar-refractivity contribution in [1.29, 1.82) is 0 Å². The molecule has 0 spiro atoms. The number of halogens is 1.